The van der Waals surface area contributed by atoms with Gasteiger partial charge < -0.3 is 4.42 Å². The van der Waals surface area contributed by atoms with E-state index < -0.39 is 0 Å². The van der Waals surface area contributed by atoms with Crippen molar-refractivity contribution in [2.75, 3.05) is 7.05 Å². The maximum absolute atomic E-state index is 9.43. The van der Waals surface area contributed by atoms with E-state index in [1.165, 1.54) is 12.0 Å². The van der Waals surface area contributed by atoms with E-state index in [1.54, 1.807) is 12.5 Å². The number of rotatable bonds is 3. The van der Waals surface area contributed by atoms with E-state index in [9.17, 15) is 5.26 Å². The van der Waals surface area contributed by atoms with Crippen LogP contribution in [-0.2, 0) is 6.54 Å². The van der Waals surface area contributed by atoms with Crippen LogP contribution in [0.5, 0.6) is 0 Å². The molecule has 3 unspecified atom stereocenters. The summed E-state index contributed by atoms with van der Waals surface area (Å²) in [5.74, 6) is 0.856. The highest BCUT2D eigenvalue weighted by atomic mass is 16.3. The highest BCUT2D eigenvalue weighted by Gasteiger charge is 2.37. The van der Waals surface area contributed by atoms with Gasteiger partial charge >= 0.3 is 0 Å². The molecule has 3 nitrogen and oxygen atoms in total. The number of furan rings is 1. The Labute approximate surface area is 122 Å². The summed E-state index contributed by atoms with van der Waals surface area (Å²) in [4.78, 5) is 2.33. The minimum atomic E-state index is 0.158. The first-order chi connectivity index (χ1) is 9.41. The third kappa shape index (κ3) is 3.43. The molecule has 0 amide bonds. The summed E-state index contributed by atoms with van der Waals surface area (Å²) >= 11 is 0. The number of nitrogens with zero attached hydrogens (tertiary/aromatic N) is 2. The molecule has 1 aromatic rings. The van der Waals surface area contributed by atoms with Gasteiger partial charge in [0, 0.05) is 18.2 Å². The predicted octanol–water partition coefficient (Wildman–Crippen LogP) is 4.07. The fourth-order valence-corrected chi connectivity index (χ4v) is 3.36. The molecular weight excluding hydrogens is 248 g/mol. The van der Waals surface area contributed by atoms with E-state index in [0.717, 1.165) is 19.4 Å². The van der Waals surface area contributed by atoms with Crippen LogP contribution < -0.4 is 0 Å². The summed E-state index contributed by atoms with van der Waals surface area (Å²) in [5, 5.41) is 9.43. The van der Waals surface area contributed by atoms with Crippen LogP contribution in [0.4, 0.5) is 0 Å². The van der Waals surface area contributed by atoms with Crippen molar-refractivity contribution >= 4 is 0 Å². The van der Waals surface area contributed by atoms with Gasteiger partial charge in [-0.2, -0.15) is 5.26 Å². The molecule has 0 saturated heterocycles. The molecule has 1 saturated carbocycles. The fourth-order valence-electron chi connectivity index (χ4n) is 3.36. The largest absolute Gasteiger partial charge is 0.472 e. The molecule has 0 aromatic carbocycles. The Kier molecular flexibility index (Phi) is 4.55. The van der Waals surface area contributed by atoms with E-state index in [1.807, 2.05) is 6.07 Å². The third-order valence-corrected chi connectivity index (χ3v) is 4.79. The Hall–Kier alpha value is -1.27. The number of hydrogen-bond donors (Lipinski definition) is 0. The smallest absolute Gasteiger partial charge is 0.0947 e. The van der Waals surface area contributed by atoms with E-state index in [2.05, 4.69) is 38.8 Å². The lowest BCUT2D eigenvalue weighted by Gasteiger charge is -2.43. The molecule has 0 bridgehead atoms. The van der Waals surface area contributed by atoms with Gasteiger partial charge in [0.2, 0.25) is 0 Å². The molecule has 1 aliphatic carbocycles. The molecule has 0 radical (unpaired) electrons. The van der Waals surface area contributed by atoms with Crippen LogP contribution in [0.1, 0.15) is 45.6 Å². The van der Waals surface area contributed by atoms with Gasteiger partial charge in [-0.3, -0.25) is 4.90 Å². The quantitative estimate of drug-likeness (QED) is 0.834. The molecule has 3 atom stereocenters. The van der Waals surface area contributed by atoms with Crippen LogP contribution in [0.25, 0.3) is 0 Å². The standard InChI is InChI=1S/C17H26N2O/c1-17(2,3)15-6-5-14(10-18)16(9-15)19(4)11-13-7-8-20-12-13/h7-8,12,14-16H,5-6,9,11H2,1-4H3. The van der Waals surface area contributed by atoms with Crippen LogP contribution >= 0.6 is 0 Å². The SMILES string of the molecule is CN(Cc1ccoc1)C1CC(C(C)(C)C)CCC1C#N. The van der Waals surface area contributed by atoms with Crippen LogP contribution in [0, 0.1) is 28.6 Å². The van der Waals surface area contributed by atoms with Gasteiger partial charge in [0.1, 0.15) is 0 Å². The highest BCUT2D eigenvalue weighted by Crippen LogP contribution is 2.41. The molecule has 110 valence electrons. The second-order valence-electron chi connectivity index (χ2n) is 7.23. The number of hydrogen-bond acceptors (Lipinski definition) is 3. The Morgan fingerprint density at radius 3 is 2.70 bits per heavy atom. The zero-order valence-electron chi connectivity index (χ0n) is 13.1. The monoisotopic (exact) mass is 274 g/mol. The normalized spacial score (nSPS) is 27.5. The Morgan fingerprint density at radius 2 is 2.15 bits per heavy atom. The average Bonchev–Trinajstić information content (AvgIpc) is 2.89. The molecule has 1 aromatic heterocycles. The first-order valence-electron chi connectivity index (χ1n) is 7.52. The van der Waals surface area contributed by atoms with Crippen molar-refractivity contribution in [1.82, 2.24) is 4.90 Å². The fraction of sp³-hybridized carbons (Fsp3) is 0.706. The lowest BCUT2D eigenvalue weighted by Crippen LogP contribution is -2.43. The van der Waals surface area contributed by atoms with Gasteiger partial charge in [-0.25, -0.2) is 0 Å². The molecular formula is C17H26N2O. The molecule has 2 rings (SSSR count). The van der Waals surface area contributed by atoms with Crippen molar-refractivity contribution < 1.29 is 4.42 Å². The van der Waals surface area contributed by atoms with Crippen molar-refractivity contribution in [2.45, 2.75) is 52.6 Å². The van der Waals surface area contributed by atoms with E-state index in [0.29, 0.717) is 17.4 Å². The second kappa shape index (κ2) is 6.01. The van der Waals surface area contributed by atoms with Crippen molar-refractivity contribution in [1.29, 1.82) is 5.26 Å². The molecule has 1 fully saturated rings. The van der Waals surface area contributed by atoms with E-state index in [4.69, 9.17) is 4.42 Å². The minimum Gasteiger partial charge on any atom is -0.472 e. The second-order valence-corrected chi connectivity index (χ2v) is 7.23. The molecule has 20 heavy (non-hydrogen) atoms. The van der Waals surface area contributed by atoms with Crippen molar-refractivity contribution in [3.63, 3.8) is 0 Å². The average molecular weight is 274 g/mol. The van der Waals surface area contributed by atoms with E-state index >= 15 is 0 Å². The maximum Gasteiger partial charge on any atom is 0.0947 e. The van der Waals surface area contributed by atoms with Crippen molar-refractivity contribution in [3.05, 3.63) is 24.2 Å². The zero-order valence-corrected chi connectivity index (χ0v) is 13.1. The van der Waals surface area contributed by atoms with Gasteiger partial charge in [-0.1, -0.05) is 20.8 Å². The lowest BCUT2D eigenvalue weighted by molar-refractivity contribution is 0.0713. The van der Waals surface area contributed by atoms with E-state index in [-0.39, 0.29) is 5.92 Å². The molecule has 0 N–H and O–H groups in total. The summed E-state index contributed by atoms with van der Waals surface area (Å²) in [6.45, 7) is 7.81. The maximum atomic E-state index is 9.43. The summed E-state index contributed by atoms with van der Waals surface area (Å²) in [7, 11) is 2.13. The number of nitriles is 1. The molecule has 1 aliphatic rings. The van der Waals surface area contributed by atoms with Crippen LogP contribution in [0.3, 0.4) is 0 Å². The molecule has 3 heteroatoms. The van der Waals surface area contributed by atoms with Gasteiger partial charge in [-0.05, 0) is 43.7 Å². The van der Waals surface area contributed by atoms with Gasteiger partial charge in [0.15, 0.2) is 0 Å². The highest BCUT2D eigenvalue weighted by molar-refractivity contribution is 5.06. The van der Waals surface area contributed by atoms with Gasteiger partial charge in [0.25, 0.3) is 0 Å². The first-order valence-corrected chi connectivity index (χ1v) is 7.52. The topological polar surface area (TPSA) is 40.2 Å². The summed E-state index contributed by atoms with van der Waals surface area (Å²) in [6.07, 6.45) is 6.83. The zero-order chi connectivity index (χ0) is 14.8. The van der Waals surface area contributed by atoms with Crippen LogP contribution in [0.2, 0.25) is 0 Å². The Bertz CT molecular complexity index is 452. The van der Waals surface area contributed by atoms with Crippen LogP contribution in [0.15, 0.2) is 23.0 Å². The Morgan fingerprint density at radius 1 is 1.40 bits per heavy atom. The third-order valence-electron chi connectivity index (χ3n) is 4.79. The summed E-state index contributed by atoms with van der Waals surface area (Å²) < 4.78 is 5.14. The molecule has 1 heterocycles. The first kappa shape index (κ1) is 15.1. The Balaban J connectivity index is 2.07. The van der Waals surface area contributed by atoms with Crippen LogP contribution in [-0.4, -0.2) is 18.0 Å². The lowest BCUT2D eigenvalue weighted by atomic mass is 9.68. The summed E-state index contributed by atoms with van der Waals surface area (Å²) in [6, 6.07) is 4.88. The predicted molar refractivity (Wildman–Crippen MR) is 79.9 cm³/mol. The molecule has 0 spiro atoms. The summed E-state index contributed by atoms with van der Waals surface area (Å²) in [5.41, 5.74) is 1.51. The van der Waals surface area contributed by atoms with Gasteiger partial charge in [-0.15, -0.1) is 0 Å². The van der Waals surface area contributed by atoms with Crippen molar-refractivity contribution in [3.8, 4) is 6.07 Å². The minimum absolute atomic E-state index is 0.158. The molecule has 0 aliphatic heterocycles. The van der Waals surface area contributed by atoms with Crippen molar-refractivity contribution in [2.24, 2.45) is 17.3 Å². The van der Waals surface area contributed by atoms with Gasteiger partial charge in [0.05, 0.1) is 24.5 Å².